The molecule has 0 radical (unpaired) electrons. The maximum Gasteiger partial charge on any atom is 0.338 e. The minimum absolute atomic E-state index is 0.0367. The van der Waals surface area contributed by atoms with E-state index in [1.807, 2.05) is 13.8 Å². The van der Waals surface area contributed by atoms with Crippen molar-refractivity contribution in [2.24, 2.45) is 5.92 Å². The van der Waals surface area contributed by atoms with Crippen LogP contribution in [0, 0.1) is 5.92 Å². The van der Waals surface area contributed by atoms with E-state index in [2.05, 4.69) is 4.72 Å². The van der Waals surface area contributed by atoms with Crippen LogP contribution in [-0.4, -0.2) is 38.7 Å². The molecule has 0 spiro atoms. The molecule has 7 heteroatoms. The second kappa shape index (κ2) is 7.53. The summed E-state index contributed by atoms with van der Waals surface area (Å²) in [5, 5.41) is 9.19. The van der Waals surface area contributed by atoms with E-state index in [-0.39, 0.29) is 24.0 Å². The van der Waals surface area contributed by atoms with Crippen LogP contribution in [0.15, 0.2) is 29.2 Å². The Morgan fingerprint density at radius 2 is 1.86 bits per heavy atom. The lowest BCUT2D eigenvalue weighted by molar-refractivity contribution is 0.0526. The minimum atomic E-state index is -3.73. The van der Waals surface area contributed by atoms with Gasteiger partial charge in [-0.05, 0) is 37.1 Å². The number of ether oxygens (including phenoxy) is 1. The van der Waals surface area contributed by atoms with Crippen LogP contribution in [0.3, 0.4) is 0 Å². The number of aliphatic hydroxyl groups excluding tert-OH is 1. The molecule has 2 N–H and O–H groups in total. The fraction of sp³-hybridized carbons (Fsp3) is 0.500. The van der Waals surface area contributed by atoms with Crippen molar-refractivity contribution in [1.82, 2.24) is 4.72 Å². The predicted octanol–water partition coefficient (Wildman–Crippen LogP) is 1.16. The summed E-state index contributed by atoms with van der Waals surface area (Å²) in [4.78, 5) is 11.5. The average molecular weight is 315 g/mol. The highest BCUT2D eigenvalue weighted by molar-refractivity contribution is 7.89. The second-order valence-corrected chi connectivity index (χ2v) is 6.61. The third kappa shape index (κ3) is 4.80. The first-order chi connectivity index (χ1) is 9.81. The number of benzene rings is 1. The molecule has 0 aliphatic carbocycles. The topological polar surface area (TPSA) is 92.7 Å². The van der Waals surface area contributed by atoms with Gasteiger partial charge in [-0.25, -0.2) is 17.9 Å². The molecule has 0 saturated heterocycles. The molecule has 1 aromatic carbocycles. The number of sulfonamides is 1. The zero-order valence-corrected chi connectivity index (χ0v) is 13.2. The molecule has 0 amide bonds. The third-order valence-corrected chi connectivity index (χ3v) is 4.49. The number of rotatable bonds is 7. The Balaban J connectivity index is 2.92. The smallest absolute Gasteiger partial charge is 0.338 e. The molecule has 1 unspecified atom stereocenters. The number of aliphatic hydroxyl groups is 1. The van der Waals surface area contributed by atoms with E-state index in [0.29, 0.717) is 5.56 Å². The Hall–Kier alpha value is -1.44. The molecule has 1 aromatic rings. The molecule has 0 aliphatic heterocycles. The van der Waals surface area contributed by atoms with Crippen LogP contribution in [0.1, 0.15) is 31.1 Å². The number of esters is 1. The lowest BCUT2D eigenvalue weighted by atomic mass is 10.1. The summed E-state index contributed by atoms with van der Waals surface area (Å²) in [6, 6.07) is 4.91. The van der Waals surface area contributed by atoms with E-state index in [1.54, 1.807) is 6.92 Å². The van der Waals surface area contributed by atoms with Gasteiger partial charge >= 0.3 is 5.97 Å². The summed E-state index contributed by atoms with van der Waals surface area (Å²) in [5.74, 6) is -0.534. The Kier molecular flexibility index (Phi) is 6.32. The standard InChI is InChI=1S/C14H21NO5S/c1-4-20-14(17)11-5-7-12(8-6-11)21(18,19)15-13(9-16)10(2)3/h5-8,10,13,15-16H,4,9H2,1-3H3. The van der Waals surface area contributed by atoms with Crippen molar-refractivity contribution in [2.45, 2.75) is 31.7 Å². The van der Waals surface area contributed by atoms with E-state index < -0.39 is 22.0 Å². The van der Waals surface area contributed by atoms with Crippen molar-refractivity contribution in [2.75, 3.05) is 13.2 Å². The molecule has 0 saturated carbocycles. The van der Waals surface area contributed by atoms with E-state index in [4.69, 9.17) is 4.74 Å². The zero-order valence-electron chi connectivity index (χ0n) is 12.4. The molecule has 0 bridgehead atoms. The molecule has 1 atom stereocenters. The van der Waals surface area contributed by atoms with E-state index in [9.17, 15) is 18.3 Å². The van der Waals surface area contributed by atoms with Crippen LogP contribution in [0.25, 0.3) is 0 Å². The van der Waals surface area contributed by atoms with Crippen molar-refractivity contribution in [3.05, 3.63) is 29.8 Å². The normalized spacial score (nSPS) is 13.2. The number of carbonyl (C=O) groups is 1. The summed E-state index contributed by atoms with van der Waals surface area (Å²) in [6.07, 6.45) is 0. The van der Waals surface area contributed by atoms with E-state index in [0.717, 1.165) is 0 Å². The number of carbonyl (C=O) groups excluding carboxylic acids is 1. The van der Waals surface area contributed by atoms with Crippen LogP contribution in [0.2, 0.25) is 0 Å². The lowest BCUT2D eigenvalue weighted by Gasteiger charge is -2.19. The van der Waals surface area contributed by atoms with Crippen molar-refractivity contribution in [1.29, 1.82) is 0 Å². The van der Waals surface area contributed by atoms with Gasteiger partial charge in [-0.3, -0.25) is 0 Å². The van der Waals surface area contributed by atoms with Crippen LogP contribution >= 0.6 is 0 Å². The molecule has 0 heterocycles. The maximum atomic E-state index is 12.2. The van der Waals surface area contributed by atoms with Gasteiger partial charge in [-0.2, -0.15) is 0 Å². The third-order valence-electron chi connectivity index (χ3n) is 2.98. The molecule has 0 aliphatic rings. The molecule has 0 aromatic heterocycles. The van der Waals surface area contributed by atoms with Crippen LogP contribution < -0.4 is 4.72 Å². The first-order valence-electron chi connectivity index (χ1n) is 6.72. The first kappa shape index (κ1) is 17.6. The SMILES string of the molecule is CCOC(=O)c1ccc(S(=O)(=O)NC(CO)C(C)C)cc1. The van der Waals surface area contributed by atoms with Gasteiger partial charge in [0.15, 0.2) is 0 Å². The highest BCUT2D eigenvalue weighted by Gasteiger charge is 2.22. The Bertz CT molecular complexity index is 566. The van der Waals surface area contributed by atoms with Gasteiger partial charge in [0.2, 0.25) is 10.0 Å². The monoisotopic (exact) mass is 315 g/mol. The van der Waals surface area contributed by atoms with Crippen LogP contribution in [-0.2, 0) is 14.8 Å². The molecule has 1 rings (SSSR count). The zero-order chi connectivity index (χ0) is 16.0. The summed E-state index contributed by atoms with van der Waals surface area (Å²) >= 11 is 0. The maximum absolute atomic E-state index is 12.2. The van der Waals surface area contributed by atoms with Crippen molar-refractivity contribution >= 4 is 16.0 Å². The van der Waals surface area contributed by atoms with Gasteiger partial charge < -0.3 is 9.84 Å². The highest BCUT2D eigenvalue weighted by Crippen LogP contribution is 2.13. The second-order valence-electron chi connectivity index (χ2n) is 4.90. The Morgan fingerprint density at radius 3 is 2.29 bits per heavy atom. The quantitative estimate of drug-likeness (QED) is 0.737. The van der Waals surface area contributed by atoms with Gasteiger partial charge in [-0.1, -0.05) is 13.8 Å². The fourth-order valence-electron chi connectivity index (χ4n) is 1.64. The van der Waals surface area contributed by atoms with Gasteiger partial charge in [-0.15, -0.1) is 0 Å². The summed E-state index contributed by atoms with van der Waals surface area (Å²) in [5.41, 5.74) is 0.290. The van der Waals surface area contributed by atoms with Gasteiger partial charge in [0.05, 0.1) is 23.7 Å². The average Bonchev–Trinajstić information content (AvgIpc) is 2.45. The first-order valence-corrected chi connectivity index (χ1v) is 8.20. The summed E-state index contributed by atoms with van der Waals surface area (Å²) in [6.45, 7) is 5.30. The van der Waals surface area contributed by atoms with Gasteiger partial charge in [0, 0.05) is 6.04 Å². The molecule has 6 nitrogen and oxygen atoms in total. The van der Waals surface area contributed by atoms with Gasteiger partial charge in [0.1, 0.15) is 0 Å². The van der Waals surface area contributed by atoms with E-state index in [1.165, 1.54) is 24.3 Å². The largest absolute Gasteiger partial charge is 0.462 e. The van der Waals surface area contributed by atoms with Crippen molar-refractivity contribution in [3.63, 3.8) is 0 Å². The number of nitrogens with one attached hydrogen (secondary N) is 1. The Morgan fingerprint density at radius 1 is 1.29 bits per heavy atom. The van der Waals surface area contributed by atoms with Gasteiger partial charge in [0.25, 0.3) is 0 Å². The molecular weight excluding hydrogens is 294 g/mol. The Labute approximate surface area is 125 Å². The van der Waals surface area contributed by atoms with Crippen molar-refractivity contribution in [3.8, 4) is 0 Å². The predicted molar refractivity (Wildman–Crippen MR) is 78.4 cm³/mol. The molecule has 0 fully saturated rings. The number of hydrogen-bond donors (Lipinski definition) is 2. The lowest BCUT2D eigenvalue weighted by Crippen LogP contribution is -2.41. The summed E-state index contributed by atoms with van der Waals surface area (Å²) < 4.78 is 31.6. The summed E-state index contributed by atoms with van der Waals surface area (Å²) in [7, 11) is -3.73. The van der Waals surface area contributed by atoms with Crippen molar-refractivity contribution < 1.29 is 23.1 Å². The minimum Gasteiger partial charge on any atom is -0.462 e. The van der Waals surface area contributed by atoms with Crippen LogP contribution in [0.5, 0.6) is 0 Å². The van der Waals surface area contributed by atoms with Crippen LogP contribution in [0.4, 0.5) is 0 Å². The molecule has 118 valence electrons. The molecule has 21 heavy (non-hydrogen) atoms. The molecular formula is C14H21NO5S. The van der Waals surface area contributed by atoms with E-state index >= 15 is 0 Å². The number of hydrogen-bond acceptors (Lipinski definition) is 5. The fourth-order valence-corrected chi connectivity index (χ4v) is 3.01. The highest BCUT2D eigenvalue weighted by atomic mass is 32.2.